The van der Waals surface area contributed by atoms with E-state index >= 15 is 0 Å². The molecule has 2 N–H and O–H groups in total. The van der Waals surface area contributed by atoms with Crippen molar-refractivity contribution in [3.05, 3.63) is 24.2 Å². The van der Waals surface area contributed by atoms with E-state index in [4.69, 9.17) is 9.52 Å². The van der Waals surface area contributed by atoms with Crippen molar-refractivity contribution < 1.29 is 19.1 Å². The molecule has 0 unspecified atom stereocenters. The maximum atomic E-state index is 11.1. The quantitative estimate of drug-likeness (QED) is 0.751. The third-order valence-corrected chi connectivity index (χ3v) is 2.45. The molecule has 1 rings (SSSR count). The summed E-state index contributed by atoms with van der Waals surface area (Å²) < 4.78 is 5.07. The molecular formula is C9H11NO4S. The van der Waals surface area contributed by atoms with Crippen LogP contribution in [0.25, 0.3) is 0 Å². The Morgan fingerprint density at radius 3 is 2.93 bits per heavy atom. The monoisotopic (exact) mass is 229 g/mol. The van der Waals surface area contributed by atoms with Gasteiger partial charge in [-0.1, -0.05) is 0 Å². The van der Waals surface area contributed by atoms with Crippen LogP contribution in [0.4, 0.5) is 0 Å². The molecule has 0 aliphatic rings. The molecule has 0 aromatic carbocycles. The lowest BCUT2D eigenvalue weighted by molar-refractivity contribution is -0.137. The average Bonchev–Trinajstić information content (AvgIpc) is 2.67. The number of nitrogens with one attached hydrogen (secondary N) is 1. The molecule has 1 aromatic heterocycles. The lowest BCUT2D eigenvalue weighted by atomic mass is 10.5. The zero-order chi connectivity index (χ0) is 11.1. The third kappa shape index (κ3) is 5.11. The van der Waals surface area contributed by atoms with Crippen LogP contribution in [-0.2, 0) is 15.3 Å². The summed E-state index contributed by atoms with van der Waals surface area (Å²) in [6.45, 7) is -0.333. The van der Waals surface area contributed by atoms with E-state index in [0.717, 1.165) is 5.76 Å². The second-order valence-electron chi connectivity index (χ2n) is 2.74. The molecule has 0 atom stereocenters. The lowest BCUT2D eigenvalue weighted by Gasteiger charge is -2.00. The van der Waals surface area contributed by atoms with Crippen LogP contribution in [0, 0.1) is 0 Å². The molecule has 15 heavy (non-hydrogen) atoms. The van der Waals surface area contributed by atoms with E-state index in [1.54, 1.807) is 12.3 Å². The summed E-state index contributed by atoms with van der Waals surface area (Å²) in [7, 11) is 0. The van der Waals surface area contributed by atoms with Crippen LogP contribution in [0.15, 0.2) is 22.8 Å². The number of carbonyl (C=O) groups is 2. The highest BCUT2D eigenvalue weighted by atomic mass is 32.2. The number of thioether (sulfide) groups is 1. The van der Waals surface area contributed by atoms with Gasteiger partial charge in [-0.3, -0.25) is 9.59 Å². The first-order valence-corrected chi connectivity index (χ1v) is 5.42. The number of furan rings is 1. The summed E-state index contributed by atoms with van der Waals surface area (Å²) in [4.78, 5) is 21.2. The van der Waals surface area contributed by atoms with Gasteiger partial charge < -0.3 is 14.8 Å². The van der Waals surface area contributed by atoms with Crippen LogP contribution in [0.1, 0.15) is 5.76 Å². The first kappa shape index (κ1) is 11.6. The minimum Gasteiger partial charge on any atom is -0.480 e. The Kier molecular flexibility index (Phi) is 4.76. The van der Waals surface area contributed by atoms with E-state index in [1.807, 2.05) is 6.07 Å². The third-order valence-electron chi connectivity index (χ3n) is 1.49. The number of rotatable bonds is 6. The van der Waals surface area contributed by atoms with Crippen LogP contribution in [-0.4, -0.2) is 29.3 Å². The molecule has 82 valence electrons. The van der Waals surface area contributed by atoms with Gasteiger partial charge in [0, 0.05) is 0 Å². The minimum absolute atomic E-state index is 0.230. The Morgan fingerprint density at radius 2 is 2.33 bits per heavy atom. The summed E-state index contributed by atoms with van der Waals surface area (Å²) in [5, 5.41) is 10.6. The van der Waals surface area contributed by atoms with E-state index in [-0.39, 0.29) is 18.2 Å². The normalized spacial score (nSPS) is 9.87. The maximum Gasteiger partial charge on any atom is 0.322 e. The van der Waals surface area contributed by atoms with Gasteiger partial charge in [0.05, 0.1) is 17.8 Å². The standard InChI is InChI=1S/C9H11NO4S/c11-8(10-4-9(12)13)6-15-5-7-2-1-3-14-7/h1-3H,4-6H2,(H,10,11)(H,12,13). The minimum atomic E-state index is -1.04. The fourth-order valence-electron chi connectivity index (χ4n) is 0.864. The maximum absolute atomic E-state index is 11.1. The van der Waals surface area contributed by atoms with Crippen molar-refractivity contribution in [1.29, 1.82) is 0 Å². The van der Waals surface area contributed by atoms with Gasteiger partial charge in [-0.05, 0) is 12.1 Å². The molecule has 0 spiro atoms. The van der Waals surface area contributed by atoms with E-state index in [9.17, 15) is 9.59 Å². The Morgan fingerprint density at radius 1 is 1.53 bits per heavy atom. The van der Waals surface area contributed by atoms with E-state index in [0.29, 0.717) is 5.75 Å². The van der Waals surface area contributed by atoms with E-state index < -0.39 is 5.97 Å². The molecule has 0 aliphatic heterocycles. The van der Waals surface area contributed by atoms with Crippen molar-refractivity contribution in [2.45, 2.75) is 5.75 Å². The molecule has 0 saturated carbocycles. The molecule has 5 nitrogen and oxygen atoms in total. The first-order chi connectivity index (χ1) is 7.18. The number of hydrogen-bond acceptors (Lipinski definition) is 4. The van der Waals surface area contributed by atoms with E-state index in [2.05, 4.69) is 5.32 Å². The highest BCUT2D eigenvalue weighted by Gasteiger charge is 2.04. The second-order valence-corrected chi connectivity index (χ2v) is 3.73. The van der Waals surface area contributed by atoms with Gasteiger partial charge in [0.15, 0.2) is 0 Å². The van der Waals surface area contributed by atoms with Crippen molar-refractivity contribution in [3.8, 4) is 0 Å². The Labute approximate surface area is 90.8 Å². The highest BCUT2D eigenvalue weighted by molar-refractivity contribution is 7.99. The Balaban J connectivity index is 2.09. The predicted octanol–water partition coefficient (Wildman–Crippen LogP) is 0.714. The number of hydrogen-bond donors (Lipinski definition) is 2. The molecule has 1 amide bonds. The molecule has 0 fully saturated rings. The fourth-order valence-corrected chi connectivity index (χ4v) is 1.62. The van der Waals surface area contributed by atoms with Gasteiger partial charge in [0.1, 0.15) is 12.3 Å². The van der Waals surface area contributed by atoms with Crippen molar-refractivity contribution in [1.82, 2.24) is 5.32 Å². The number of amides is 1. The fraction of sp³-hybridized carbons (Fsp3) is 0.333. The molecule has 1 heterocycles. The summed E-state index contributed by atoms with van der Waals surface area (Å²) in [6.07, 6.45) is 1.57. The molecule has 0 bridgehead atoms. The first-order valence-electron chi connectivity index (χ1n) is 4.27. The van der Waals surface area contributed by atoms with Gasteiger partial charge in [0.25, 0.3) is 0 Å². The second kappa shape index (κ2) is 6.13. The van der Waals surface area contributed by atoms with Crippen molar-refractivity contribution in [3.63, 3.8) is 0 Å². The number of carboxylic acids is 1. The van der Waals surface area contributed by atoms with Crippen LogP contribution in [0.2, 0.25) is 0 Å². The summed E-state index contributed by atoms with van der Waals surface area (Å²) in [5.41, 5.74) is 0. The SMILES string of the molecule is O=C(O)CNC(=O)CSCc1ccco1. The van der Waals surface area contributed by atoms with Gasteiger partial charge >= 0.3 is 5.97 Å². The zero-order valence-corrected chi connectivity index (χ0v) is 8.75. The van der Waals surface area contributed by atoms with E-state index in [1.165, 1.54) is 11.8 Å². The topological polar surface area (TPSA) is 79.5 Å². The number of aliphatic carboxylic acids is 1. The van der Waals surface area contributed by atoms with Crippen molar-refractivity contribution in [2.75, 3.05) is 12.3 Å². The van der Waals surface area contributed by atoms with Crippen LogP contribution >= 0.6 is 11.8 Å². The van der Waals surface area contributed by atoms with Crippen LogP contribution in [0.3, 0.4) is 0 Å². The molecule has 0 aliphatic carbocycles. The number of carbonyl (C=O) groups excluding carboxylic acids is 1. The lowest BCUT2D eigenvalue weighted by Crippen LogP contribution is -2.30. The Hall–Kier alpha value is -1.43. The largest absolute Gasteiger partial charge is 0.480 e. The molecule has 0 radical (unpaired) electrons. The van der Waals surface area contributed by atoms with Crippen molar-refractivity contribution >= 4 is 23.6 Å². The molecule has 0 saturated heterocycles. The Bertz CT molecular complexity index is 323. The van der Waals surface area contributed by atoms with Gasteiger partial charge in [0.2, 0.25) is 5.91 Å². The summed E-state index contributed by atoms with van der Waals surface area (Å²) in [6, 6.07) is 3.60. The molecular weight excluding hydrogens is 218 g/mol. The smallest absolute Gasteiger partial charge is 0.322 e. The summed E-state index contributed by atoms with van der Waals surface area (Å²) >= 11 is 1.37. The zero-order valence-electron chi connectivity index (χ0n) is 7.93. The van der Waals surface area contributed by atoms with Gasteiger partial charge in [-0.15, -0.1) is 11.8 Å². The van der Waals surface area contributed by atoms with Crippen molar-refractivity contribution in [2.24, 2.45) is 0 Å². The average molecular weight is 229 g/mol. The highest BCUT2D eigenvalue weighted by Crippen LogP contribution is 2.11. The predicted molar refractivity (Wildman–Crippen MR) is 55.5 cm³/mol. The van der Waals surface area contributed by atoms with Gasteiger partial charge in [-0.25, -0.2) is 0 Å². The molecule has 6 heteroatoms. The summed E-state index contributed by atoms with van der Waals surface area (Å²) in [5.74, 6) is 0.306. The number of carboxylic acid groups (broad SMARTS) is 1. The molecule has 1 aromatic rings. The van der Waals surface area contributed by atoms with Gasteiger partial charge in [-0.2, -0.15) is 0 Å². The van der Waals surface area contributed by atoms with Crippen LogP contribution in [0.5, 0.6) is 0 Å². The van der Waals surface area contributed by atoms with Crippen LogP contribution < -0.4 is 5.32 Å².